The highest BCUT2D eigenvalue weighted by atomic mass is 35.5. The number of carbonyl (C=O) groups is 1. The van der Waals surface area contributed by atoms with E-state index >= 15 is 0 Å². The number of non-ortho nitro benzene ring substituents is 1. The molecule has 0 atom stereocenters. The van der Waals surface area contributed by atoms with E-state index in [9.17, 15) is 14.9 Å². The SMILES string of the molecule is Nc1nnc(SCC(=O)Nc2cc([N+](=O)[O-])ccc2Cl)s1. The zero-order chi connectivity index (χ0) is 15.4. The van der Waals surface area contributed by atoms with Gasteiger partial charge in [0.2, 0.25) is 11.0 Å². The van der Waals surface area contributed by atoms with Crippen molar-refractivity contribution in [3.63, 3.8) is 0 Å². The molecule has 1 heterocycles. The third-order valence-corrected chi connectivity index (χ3v) is 4.40. The van der Waals surface area contributed by atoms with Crippen molar-refractivity contribution in [2.45, 2.75) is 4.34 Å². The molecule has 1 amide bonds. The molecule has 0 saturated heterocycles. The molecule has 0 spiro atoms. The van der Waals surface area contributed by atoms with Gasteiger partial charge in [0.05, 0.1) is 21.4 Å². The molecule has 0 aliphatic rings. The van der Waals surface area contributed by atoms with Crippen LogP contribution in [0, 0.1) is 10.1 Å². The van der Waals surface area contributed by atoms with Crippen LogP contribution in [0.5, 0.6) is 0 Å². The number of nitro benzene ring substituents is 1. The summed E-state index contributed by atoms with van der Waals surface area (Å²) in [7, 11) is 0. The van der Waals surface area contributed by atoms with Crippen molar-refractivity contribution < 1.29 is 9.72 Å². The molecular weight excluding hydrogens is 338 g/mol. The van der Waals surface area contributed by atoms with Gasteiger partial charge in [-0.15, -0.1) is 10.2 Å². The summed E-state index contributed by atoms with van der Waals surface area (Å²) in [6.45, 7) is 0. The van der Waals surface area contributed by atoms with Crippen LogP contribution in [0.2, 0.25) is 5.02 Å². The number of nitrogens with one attached hydrogen (secondary N) is 1. The number of nitrogens with two attached hydrogens (primary N) is 1. The summed E-state index contributed by atoms with van der Waals surface area (Å²) >= 11 is 8.21. The van der Waals surface area contributed by atoms with Gasteiger partial charge in [-0.05, 0) is 6.07 Å². The highest BCUT2D eigenvalue weighted by Crippen LogP contribution is 2.28. The molecule has 0 saturated carbocycles. The van der Waals surface area contributed by atoms with E-state index in [-0.39, 0.29) is 28.1 Å². The van der Waals surface area contributed by atoms with Crippen molar-refractivity contribution in [1.82, 2.24) is 10.2 Å². The van der Waals surface area contributed by atoms with Crippen LogP contribution >= 0.6 is 34.7 Å². The Hall–Kier alpha value is -1.91. The number of aromatic nitrogens is 2. The fraction of sp³-hybridized carbons (Fsp3) is 0.100. The second-order valence-corrected chi connectivity index (χ2v) is 6.30. The van der Waals surface area contributed by atoms with Crippen molar-refractivity contribution in [3.8, 4) is 0 Å². The van der Waals surface area contributed by atoms with Gasteiger partial charge in [0.25, 0.3) is 5.69 Å². The van der Waals surface area contributed by atoms with E-state index in [2.05, 4.69) is 15.5 Å². The van der Waals surface area contributed by atoms with Crippen LogP contribution in [-0.4, -0.2) is 26.8 Å². The van der Waals surface area contributed by atoms with Gasteiger partial charge in [-0.2, -0.15) is 0 Å². The Bertz CT molecular complexity index is 693. The summed E-state index contributed by atoms with van der Waals surface area (Å²) in [5, 5.41) is 21.1. The highest BCUT2D eigenvalue weighted by Gasteiger charge is 2.13. The van der Waals surface area contributed by atoms with Crippen LogP contribution in [0.25, 0.3) is 0 Å². The van der Waals surface area contributed by atoms with Crippen molar-refractivity contribution in [3.05, 3.63) is 33.3 Å². The van der Waals surface area contributed by atoms with Crippen molar-refractivity contribution >= 4 is 57.1 Å². The first kappa shape index (κ1) is 15.5. The number of nitrogens with zero attached hydrogens (tertiary/aromatic N) is 3. The highest BCUT2D eigenvalue weighted by molar-refractivity contribution is 8.01. The van der Waals surface area contributed by atoms with Gasteiger partial charge in [0.1, 0.15) is 0 Å². The lowest BCUT2D eigenvalue weighted by atomic mass is 10.3. The summed E-state index contributed by atoms with van der Waals surface area (Å²) < 4.78 is 0.563. The number of thioether (sulfide) groups is 1. The predicted octanol–water partition coefficient (Wildman–Crippen LogP) is 2.41. The van der Waals surface area contributed by atoms with E-state index in [1.807, 2.05) is 0 Å². The van der Waals surface area contributed by atoms with Crippen molar-refractivity contribution in [1.29, 1.82) is 0 Å². The number of amides is 1. The fourth-order valence-corrected chi connectivity index (χ4v) is 2.92. The topological polar surface area (TPSA) is 124 Å². The van der Waals surface area contributed by atoms with Gasteiger partial charge in [0.15, 0.2) is 4.34 Å². The first-order valence-corrected chi connectivity index (χ1v) is 7.59. The molecule has 11 heteroatoms. The predicted molar refractivity (Wildman–Crippen MR) is 81.8 cm³/mol. The van der Waals surface area contributed by atoms with Gasteiger partial charge in [-0.3, -0.25) is 14.9 Å². The van der Waals surface area contributed by atoms with Crippen LogP contribution in [0.4, 0.5) is 16.5 Å². The molecule has 0 aliphatic heterocycles. The number of nitrogen functional groups attached to an aromatic ring is 1. The molecule has 1 aromatic carbocycles. The maximum atomic E-state index is 11.8. The van der Waals surface area contributed by atoms with Gasteiger partial charge in [-0.25, -0.2) is 0 Å². The van der Waals surface area contributed by atoms with Gasteiger partial charge in [0, 0.05) is 12.1 Å². The molecule has 0 fully saturated rings. The number of halogens is 1. The van der Waals surface area contributed by atoms with Crippen LogP contribution in [-0.2, 0) is 4.79 Å². The summed E-state index contributed by atoms with van der Waals surface area (Å²) in [4.78, 5) is 21.9. The zero-order valence-corrected chi connectivity index (χ0v) is 12.7. The van der Waals surface area contributed by atoms with Crippen LogP contribution < -0.4 is 11.1 Å². The number of nitro groups is 1. The van der Waals surface area contributed by atoms with E-state index < -0.39 is 4.92 Å². The number of hydrogen-bond acceptors (Lipinski definition) is 8. The average molecular weight is 346 g/mol. The van der Waals surface area contributed by atoms with E-state index in [1.54, 1.807) is 0 Å². The third kappa shape index (κ3) is 4.28. The Balaban J connectivity index is 1.99. The molecule has 2 aromatic rings. The Morgan fingerprint density at radius 1 is 1.52 bits per heavy atom. The molecule has 8 nitrogen and oxygen atoms in total. The second kappa shape index (κ2) is 6.70. The minimum Gasteiger partial charge on any atom is -0.374 e. The molecule has 2 rings (SSSR count). The average Bonchev–Trinajstić information content (AvgIpc) is 2.84. The van der Waals surface area contributed by atoms with Gasteiger partial charge < -0.3 is 11.1 Å². The summed E-state index contributed by atoms with van der Waals surface area (Å²) in [5.74, 6) is -0.302. The van der Waals surface area contributed by atoms with Crippen LogP contribution in [0.3, 0.4) is 0 Å². The van der Waals surface area contributed by atoms with E-state index in [4.69, 9.17) is 17.3 Å². The Morgan fingerprint density at radius 2 is 2.29 bits per heavy atom. The van der Waals surface area contributed by atoms with Gasteiger partial charge in [-0.1, -0.05) is 34.7 Å². The Kier molecular flexibility index (Phi) is 4.94. The van der Waals surface area contributed by atoms with Crippen molar-refractivity contribution in [2.75, 3.05) is 16.8 Å². The van der Waals surface area contributed by atoms with E-state index in [0.29, 0.717) is 9.47 Å². The number of benzene rings is 1. The number of rotatable bonds is 5. The molecule has 110 valence electrons. The lowest BCUT2D eigenvalue weighted by Crippen LogP contribution is -2.14. The molecule has 0 unspecified atom stereocenters. The lowest BCUT2D eigenvalue weighted by Gasteiger charge is -2.06. The molecule has 0 aliphatic carbocycles. The standard InChI is InChI=1S/C10H8ClN5O3S2/c11-6-2-1-5(16(18)19)3-7(6)13-8(17)4-20-10-15-14-9(12)21-10/h1-3H,4H2,(H2,12,14)(H,13,17). The normalized spacial score (nSPS) is 10.3. The number of anilines is 2. The molecule has 1 aromatic heterocycles. The van der Waals surface area contributed by atoms with E-state index in [1.165, 1.54) is 29.5 Å². The van der Waals surface area contributed by atoms with E-state index in [0.717, 1.165) is 11.8 Å². The summed E-state index contributed by atoms with van der Waals surface area (Å²) in [6, 6.07) is 3.82. The first-order chi connectivity index (χ1) is 9.95. The molecule has 3 N–H and O–H groups in total. The smallest absolute Gasteiger partial charge is 0.271 e. The first-order valence-electron chi connectivity index (χ1n) is 5.41. The van der Waals surface area contributed by atoms with Crippen LogP contribution in [0.15, 0.2) is 22.5 Å². The zero-order valence-electron chi connectivity index (χ0n) is 10.3. The molecule has 0 radical (unpaired) electrons. The minimum atomic E-state index is -0.565. The van der Waals surface area contributed by atoms with Crippen molar-refractivity contribution in [2.24, 2.45) is 0 Å². The molecule has 21 heavy (non-hydrogen) atoms. The molecule has 0 bridgehead atoms. The monoisotopic (exact) mass is 345 g/mol. The largest absolute Gasteiger partial charge is 0.374 e. The maximum Gasteiger partial charge on any atom is 0.271 e. The Morgan fingerprint density at radius 3 is 2.90 bits per heavy atom. The lowest BCUT2D eigenvalue weighted by molar-refractivity contribution is -0.384. The van der Waals surface area contributed by atoms with Crippen LogP contribution in [0.1, 0.15) is 0 Å². The summed E-state index contributed by atoms with van der Waals surface area (Å²) in [5.41, 5.74) is 5.46. The Labute approximate surface area is 131 Å². The quantitative estimate of drug-likeness (QED) is 0.484. The minimum absolute atomic E-state index is 0.0631. The second-order valence-electron chi connectivity index (χ2n) is 3.66. The molecular formula is C10H8ClN5O3S2. The maximum absolute atomic E-state index is 11.8. The number of carbonyl (C=O) groups excluding carboxylic acids is 1. The fourth-order valence-electron chi connectivity index (χ4n) is 1.31. The third-order valence-electron chi connectivity index (χ3n) is 2.18. The summed E-state index contributed by atoms with van der Waals surface area (Å²) in [6.07, 6.45) is 0. The van der Waals surface area contributed by atoms with Gasteiger partial charge >= 0.3 is 0 Å². The number of hydrogen-bond donors (Lipinski definition) is 2.